The molecule has 0 aliphatic carbocycles. The molecule has 0 unspecified atom stereocenters. The summed E-state index contributed by atoms with van der Waals surface area (Å²) in [6.45, 7) is 3.79. The summed E-state index contributed by atoms with van der Waals surface area (Å²) >= 11 is 0. The Kier molecular flexibility index (Phi) is 4.97. The first-order valence-corrected chi connectivity index (χ1v) is 6.77. The molecule has 0 radical (unpaired) electrons. The fourth-order valence-electron chi connectivity index (χ4n) is 1.64. The van der Waals surface area contributed by atoms with E-state index >= 15 is 0 Å². The lowest BCUT2D eigenvalue weighted by Gasteiger charge is -2.06. The minimum atomic E-state index is -4.69. The molecule has 0 aliphatic rings. The minimum Gasteiger partial charge on any atom is -0.459 e. The van der Waals surface area contributed by atoms with Crippen LogP contribution >= 0.6 is 0 Å². The standard InChI is InChI=1S/C14H14F3N3O3/c1-8(2)5-11(21)22-7-10-4-3-9(6-18-10)12-19-13(23-20-12)14(15,16)17/h3-4,6,8H,5,7H2,1-2H3. The molecule has 2 aromatic heterocycles. The fourth-order valence-corrected chi connectivity index (χ4v) is 1.64. The Morgan fingerprint density at radius 3 is 2.61 bits per heavy atom. The van der Waals surface area contributed by atoms with E-state index in [9.17, 15) is 18.0 Å². The maximum absolute atomic E-state index is 12.4. The largest absolute Gasteiger partial charge is 0.471 e. The maximum atomic E-state index is 12.4. The molecule has 2 aromatic rings. The second kappa shape index (κ2) is 6.76. The Balaban J connectivity index is 1.99. The van der Waals surface area contributed by atoms with Crippen molar-refractivity contribution in [3.63, 3.8) is 0 Å². The smallest absolute Gasteiger partial charge is 0.459 e. The molecule has 2 rings (SSSR count). The van der Waals surface area contributed by atoms with Crippen LogP contribution in [0, 0.1) is 5.92 Å². The van der Waals surface area contributed by atoms with E-state index in [-0.39, 0.29) is 29.9 Å². The molecule has 0 spiro atoms. The molecule has 0 N–H and O–H groups in total. The number of alkyl halides is 3. The molecule has 0 aromatic carbocycles. The second-order valence-electron chi connectivity index (χ2n) is 5.22. The minimum absolute atomic E-state index is 0.00806. The topological polar surface area (TPSA) is 78.1 Å². The van der Waals surface area contributed by atoms with Crippen molar-refractivity contribution in [3.05, 3.63) is 29.9 Å². The van der Waals surface area contributed by atoms with Crippen molar-refractivity contribution in [2.24, 2.45) is 5.92 Å². The number of carbonyl (C=O) groups excluding carboxylic acids is 1. The Bertz CT molecular complexity index is 666. The van der Waals surface area contributed by atoms with Crippen LogP contribution in [0.2, 0.25) is 0 Å². The number of aromatic nitrogens is 3. The number of ether oxygens (including phenoxy) is 1. The van der Waals surface area contributed by atoms with Gasteiger partial charge < -0.3 is 9.26 Å². The van der Waals surface area contributed by atoms with Crippen molar-refractivity contribution < 1.29 is 27.2 Å². The summed E-state index contributed by atoms with van der Waals surface area (Å²) in [7, 11) is 0. The second-order valence-corrected chi connectivity index (χ2v) is 5.22. The zero-order chi connectivity index (χ0) is 17.0. The van der Waals surface area contributed by atoms with Crippen LogP contribution in [-0.4, -0.2) is 21.1 Å². The molecule has 0 saturated heterocycles. The fraction of sp³-hybridized carbons (Fsp3) is 0.429. The van der Waals surface area contributed by atoms with Gasteiger partial charge in [-0.1, -0.05) is 19.0 Å². The molecular weight excluding hydrogens is 315 g/mol. The molecule has 23 heavy (non-hydrogen) atoms. The SMILES string of the molecule is CC(C)CC(=O)OCc1ccc(-c2noc(C(F)(F)F)n2)cn1. The van der Waals surface area contributed by atoms with Gasteiger partial charge in [-0.3, -0.25) is 9.78 Å². The van der Waals surface area contributed by atoms with Gasteiger partial charge in [0.1, 0.15) is 6.61 Å². The Morgan fingerprint density at radius 2 is 2.09 bits per heavy atom. The van der Waals surface area contributed by atoms with Crippen molar-refractivity contribution in [2.45, 2.75) is 33.1 Å². The summed E-state index contributed by atoms with van der Waals surface area (Å²) in [5, 5.41) is 3.26. The van der Waals surface area contributed by atoms with Crippen LogP contribution in [0.15, 0.2) is 22.9 Å². The number of nitrogens with zero attached hydrogens (tertiary/aromatic N) is 3. The quantitative estimate of drug-likeness (QED) is 0.784. The van der Waals surface area contributed by atoms with Crippen LogP contribution < -0.4 is 0 Å². The Labute approximate surface area is 129 Å². The van der Waals surface area contributed by atoms with Crippen LogP contribution in [0.4, 0.5) is 13.2 Å². The zero-order valence-electron chi connectivity index (χ0n) is 12.4. The number of carbonyl (C=O) groups is 1. The Morgan fingerprint density at radius 1 is 1.35 bits per heavy atom. The molecule has 9 heteroatoms. The average molecular weight is 329 g/mol. The first kappa shape index (κ1) is 16.9. The molecule has 0 bridgehead atoms. The van der Waals surface area contributed by atoms with E-state index in [1.165, 1.54) is 18.3 Å². The highest BCUT2D eigenvalue weighted by molar-refractivity contribution is 5.69. The van der Waals surface area contributed by atoms with Gasteiger partial charge in [-0.15, -0.1) is 0 Å². The van der Waals surface area contributed by atoms with Crippen LogP contribution in [0.5, 0.6) is 0 Å². The number of pyridine rings is 1. The van der Waals surface area contributed by atoms with Gasteiger partial charge in [0.15, 0.2) is 0 Å². The maximum Gasteiger partial charge on any atom is 0.471 e. The lowest BCUT2D eigenvalue weighted by atomic mass is 10.1. The third kappa shape index (κ3) is 4.76. The highest BCUT2D eigenvalue weighted by Gasteiger charge is 2.38. The lowest BCUT2D eigenvalue weighted by Crippen LogP contribution is -2.08. The highest BCUT2D eigenvalue weighted by atomic mass is 19.4. The van der Waals surface area contributed by atoms with E-state index in [0.29, 0.717) is 12.1 Å². The molecular formula is C14H14F3N3O3. The lowest BCUT2D eigenvalue weighted by molar-refractivity contribution is -0.159. The molecule has 6 nitrogen and oxygen atoms in total. The molecule has 0 saturated carbocycles. The van der Waals surface area contributed by atoms with E-state index in [2.05, 4.69) is 19.6 Å². The molecule has 124 valence electrons. The number of esters is 1. The monoisotopic (exact) mass is 329 g/mol. The summed E-state index contributed by atoms with van der Waals surface area (Å²) in [4.78, 5) is 18.7. The van der Waals surface area contributed by atoms with Crippen molar-refractivity contribution in [2.75, 3.05) is 0 Å². The number of hydrogen-bond acceptors (Lipinski definition) is 6. The van der Waals surface area contributed by atoms with Gasteiger partial charge in [0, 0.05) is 18.2 Å². The summed E-state index contributed by atoms with van der Waals surface area (Å²) < 4.78 is 46.3. The van der Waals surface area contributed by atoms with E-state index in [1.807, 2.05) is 13.8 Å². The van der Waals surface area contributed by atoms with Crippen LogP contribution in [0.25, 0.3) is 11.4 Å². The normalized spacial score (nSPS) is 11.7. The first-order valence-electron chi connectivity index (χ1n) is 6.77. The van der Waals surface area contributed by atoms with Crippen molar-refractivity contribution in [1.29, 1.82) is 0 Å². The van der Waals surface area contributed by atoms with Gasteiger partial charge in [0.2, 0.25) is 5.82 Å². The van der Waals surface area contributed by atoms with E-state index < -0.39 is 12.1 Å². The van der Waals surface area contributed by atoms with Crippen LogP contribution in [-0.2, 0) is 22.3 Å². The summed E-state index contributed by atoms with van der Waals surface area (Å²) in [5.74, 6) is -1.77. The van der Waals surface area contributed by atoms with Gasteiger partial charge in [-0.05, 0) is 18.1 Å². The van der Waals surface area contributed by atoms with Gasteiger partial charge >= 0.3 is 18.0 Å². The van der Waals surface area contributed by atoms with E-state index in [0.717, 1.165) is 0 Å². The summed E-state index contributed by atoms with van der Waals surface area (Å²) in [5.41, 5.74) is 0.729. The average Bonchev–Trinajstić information content (AvgIpc) is 2.95. The third-order valence-corrected chi connectivity index (χ3v) is 2.71. The summed E-state index contributed by atoms with van der Waals surface area (Å²) in [6, 6.07) is 2.99. The van der Waals surface area contributed by atoms with Gasteiger partial charge in [-0.2, -0.15) is 18.2 Å². The summed E-state index contributed by atoms with van der Waals surface area (Å²) in [6.07, 6.45) is -3.10. The molecule has 0 fully saturated rings. The predicted molar refractivity (Wildman–Crippen MR) is 71.8 cm³/mol. The van der Waals surface area contributed by atoms with Crippen LogP contribution in [0.3, 0.4) is 0 Å². The number of hydrogen-bond donors (Lipinski definition) is 0. The molecule has 0 aliphatic heterocycles. The zero-order valence-corrected chi connectivity index (χ0v) is 12.4. The van der Waals surface area contributed by atoms with Crippen molar-refractivity contribution in [1.82, 2.24) is 15.1 Å². The molecule has 2 heterocycles. The van der Waals surface area contributed by atoms with E-state index in [1.54, 1.807) is 0 Å². The van der Waals surface area contributed by atoms with Gasteiger partial charge in [0.05, 0.1) is 5.69 Å². The number of halogens is 3. The van der Waals surface area contributed by atoms with E-state index in [4.69, 9.17) is 4.74 Å². The van der Waals surface area contributed by atoms with Crippen molar-refractivity contribution >= 4 is 5.97 Å². The third-order valence-electron chi connectivity index (χ3n) is 2.71. The molecule has 0 atom stereocenters. The number of rotatable bonds is 5. The van der Waals surface area contributed by atoms with Gasteiger partial charge in [0.25, 0.3) is 0 Å². The Hall–Kier alpha value is -2.45. The predicted octanol–water partition coefficient (Wildman–Crippen LogP) is 3.24. The first-order chi connectivity index (χ1) is 10.8. The van der Waals surface area contributed by atoms with Crippen molar-refractivity contribution in [3.8, 4) is 11.4 Å². The highest BCUT2D eigenvalue weighted by Crippen LogP contribution is 2.29. The van der Waals surface area contributed by atoms with Crippen LogP contribution in [0.1, 0.15) is 31.9 Å². The molecule has 0 amide bonds. The van der Waals surface area contributed by atoms with Gasteiger partial charge in [-0.25, -0.2) is 0 Å².